The Morgan fingerprint density at radius 3 is 2.79 bits per heavy atom. The van der Waals surface area contributed by atoms with Gasteiger partial charge in [-0.3, -0.25) is 14.6 Å². The predicted octanol–water partition coefficient (Wildman–Crippen LogP) is 3.92. The molecule has 0 radical (unpaired) electrons. The zero-order valence-corrected chi connectivity index (χ0v) is 16.1. The normalized spacial score (nSPS) is 15.4. The van der Waals surface area contributed by atoms with Crippen molar-refractivity contribution in [2.24, 2.45) is 5.92 Å². The Bertz CT molecular complexity index is 846. The molecular formula is C20H25FN4O3. The minimum atomic E-state index is -0.552. The molecule has 2 N–H and O–H groups in total. The van der Waals surface area contributed by atoms with Gasteiger partial charge in [0, 0.05) is 12.5 Å². The second-order valence-electron chi connectivity index (χ2n) is 7.28. The summed E-state index contributed by atoms with van der Waals surface area (Å²) in [7, 11) is 0. The van der Waals surface area contributed by atoms with Gasteiger partial charge in [0.1, 0.15) is 17.6 Å². The van der Waals surface area contributed by atoms with Crippen molar-refractivity contribution >= 4 is 17.5 Å². The van der Waals surface area contributed by atoms with Gasteiger partial charge in [0.15, 0.2) is 5.69 Å². The van der Waals surface area contributed by atoms with E-state index in [9.17, 15) is 14.0 Å². The van der Waals surface area contributed by atoms with Crippen molar-refractivity contribution in [1.29, 1.82) is 0 Å². The van der Waals surface area contributed by atoms with Crippen LogP contribution in [0.25, 0.3) is 0 Å². The van der Waals surface area contributed by atoms with Crippen LogP contribution in [0.5, 0.6) is 0 Å². The van der Waals surface area contributed by atoms with Crippen molar-refractivity contribution in [3.05, 3.63) is 41.6 Å². The predicted molar refractivity (Wildman–Crippen MR) is 101 cm³/mol. The summed E-state index contributed by atoms with van der Waals surface area (Å²) in [6.07, 6.45) is 8.70. The number of amides is 2. The molecule has 0 aliphatic heterocycles. The number of anilines is 1. The molecule has 150 valence electrons. The van der Waals surface area contributed by atoms with Gasteiger partial charge in [-0.1, -0.05) is 25.7 Å². The zero-order chi connectivity index (χ0) is 20.1. The third kappa shape index (κ3) is 5.15. The van der Waals surface area contributed by atoms with Crippen LogP contribution in [0.4, 0.5) is 10.1 Å². The Morgan fingerprint density at radius 2 is 2.07 bits per heavy atom. The molecule has 0 saturated heterocycles. The van der Waals surface area contributed by atoms with Gasteiger partial charge in [-0.25, -0.2) is 9.37 Å². The van der Waals surface area contributed by atoms with Crippen LogP contribution in [-0.2, 0) is 4.79 Å². The van der Waals surface area contributed by atoms with E-state index in [4.69, 9.17) is 4.42 Å². The molecule has 2 heterocycles. The molecule has 2 aromatic heterocycles. The van der Waals surface area contributed by atoms with Gasteiger partial charge in [0.05, 0.1) is 18.1 Å². The van der Waals surface area contributed by atoms with Crippen LogP contribution in [-0.4, -0.2) is 21.8 Å². The molecule has 0 bridgehead atoms. The van der Waals surface area contributed by atoms with Crippen LogP contribution in [0.3, 0.4) is 0 Å². The molecule has 0 unspecified atom stereocenters. The second kappa shape index (κ2) is 8.95. The maximum absolute atomic E-state index is 13.2. The van der Waals surface area contributed by atoms with Gasteiger partial charge >= 0.3 is 0 Å². The first-order valence-corrected chi connectivity index (χ1v) is 9.61. The summed E-state index contributed by atoms with van der Waals surface area (Å²) in [5, 5.41) is 5.40. The fraction of sp³-hybridized carbons (Fsp3) is 0.500. The quantitative estimate of drug-likeness (QED) is 0.749. The number of halogens is 1. The van der Waals surface area contributed by atoms with Crippen molar-refractivity contribution in [3.63, 3.8) is 0 Å². The molecule has 0 spiro atoms. The fourth-order valence-electron chi connectivity index (χ4n) is 3.49. The topological polar surface area (TPSA) is 97.1 Å². The molecule has 1 fully saturated rings. The van der Waals surface area contributed by atoms with Crippen molar-refractivity contribution in [1.82, 2.24) is 15.3 Å². The van der Waals surface area contributed by atoms with Gasteiger partial charge < -0.3 is 15.1 Å². The fourth-order valence-corrected chi connectivity index (χ4v) is 3.49. The summed E-state index contributed by atoms with van der Waals surface area (Å²) in [5.74, 6) is 0.104. The molecule has 28 heavy (non-hydrogen) atoms. The summed E-state index contributed by atoms with van der Waals surface area (Å²) in [5.41, 5.74) is 0.313. The molecule has 8 heteroatoms. The Hall–Kier alpha value is -2.77. The van der Waals surface area contributed by atoms with E-state index in [0.717, 1.165) is 18.7 Å². The highest BCUT2D eigenvalue weighted by Gasteiger charge is 2.22. The SMILES string of the molecule is Cc1oc([C@@H](C)NC(=O)CCC2CCCC2)nc1C(=O)Nc1cncc(F)c1. The number of aromatic nitrogens is 2. The summed E-state index contributed by atoms with van der Waals surface area (Å²) >= 11 is 0. The molecule has 3 rings (SSSR count). The number of carbonyl (C=O) groups excluding carboxylic acids is 2. The van der Waals surface area contributed by atoms with Crippen molar-refractivity contribution in [2.45, 2.75) is 58.4 Å². The lowest BCUT2D eigenvalue weighted by molar-refractivity contribution is -0.122. The first-order chi connectivity index (χ1) is 13.4. The maximum Gasteiger partial charge on any atom is 0.277 e. The molecule has 1 aliphatic rings. The summed E-state index contributed by atoms with van der Waals surface area (Å²) in [6, 6.07) is 0.709. The lowest BCUT2D eigenvalue weighted by atomic mass is 10.0. The monoisotopic (exact) mass is 388 g/mol. The van der Waals surface area contributed by atoms with Gasteiger partial charge in [0.2, 0.25) is 11.8 Å². The highest BCUT2D eigenvalue weighted by atomic mass is 19.1. The van der Waals surface area contributed by atoms with Crippen LogP contribution in [0.2, 0.25) is 0 Å². The zero-order valence-electron chi connectivity index (χ0n) is 16.1. The van der Waals surface area contributed by atoms with Gasteiger partial charge in [-0.15, -0.1) is 0 Å². The second-order valence-corrected chi connectivity index (χ2v) is 7.28. The minimum absolute atomic E-state index is 0.0490. The number of carbonyl (C=O) groups is 2. The molecule has 1 saturated carbocycles. The van der Waals surface area contributed by atoms with Crippen LogP contribution >= 0.6 is 0 Å². The maximum atomic E-state index is 13.2. The lowest BCUT2D eigenvalue weighted by Gasteiger charge is -2.12. The summed E-state index contributed by atoms with van der Waals surface area (Å²) in [4.78, 5) is 32.5. The van der Waals surface area contributed by atoms with Crippen molar-refractivity contribution < 1.29 is 18.4 Å². The Labute approximate surface area is 163 Å². The third-order valence-corrected chi connectivity index (χ3v) is 4.99. The van der Waals surface area contributed by atoms with E-state index in [-0.39, 0.29) is 23.2 Å². The Balaban J connectivity index is 1.57. The standard InChI is InChI=1S/C20H25FN4O3/c1-12(23-17(26)8-7-14-5-3-4-6-14)20-25-18(13(2)28-20)19(27)24-16-9-15(21)10-22-11-16/h9-12,14H,3-8H2,1-2H3,(H,23,26)(H,24,27)/t12-/m1/s1. The largest absolute Gasteiger partial charge is 0.443 e. The van der Waals surface area contributed by atoms with Gasteiger partial charge in [-0.05, 0) is 26.2 Å². The Kier molecular flexibility index (Phi) is 6.38. The number of aryl methyl sites for hydroxylation is 1. The van der Waals surface area contributed by atoms with E-state index >= 15 is 0 Å². The van der Waals surface area contributed by atoms with Gasteiger partial charge in [0.25, 0.3) is 5.91 Å². The van der Waals surface area contributed by atoms with E-state index in [1.165, 1.54) is 31.9 Å². The number of oxazole rings is 1. The van der Waals surface area contributed by atoms with Crippen LogP contribution in [0, 0.1) is 18.7 Å². The molecule has 2 aromatic rings. The summed E-state index contributed by atoms with van der Waals surface area (Å²) < 4.78 is 18.8. The smallest absolute Gasteiger partial charge is 0.277 e. The lowest BCUT2D eigenvalue weighted by Crippen LogP contribution is -2.27. The molecule has 2 amide bonds. The molecule has 0 aromatic carbocycles. The van der Waals surface area contributed by atoms with Crippen LogP contribution in [0.15, 0.2) is 22.9 Å². The number of pyridine rings is 1. The minimum Gasteiger partial charge on any atom is -0.443 e. The number of rotatable bonds is 7. The highest BCUT2D eigenvalue weighted by molar-refractivity contribution is 6.03. The number of hydrogen-bond acceptors (Lipinski definition) is 5. The first kappa shape index (κ1) is 20.0. The van der Waals surface area contributed by atoms with E-state index in [1.807, 2.05) is 0 Å². The average molecular weight is 388 g/mol. The first-order valence-electron chi connectivity index (χ1n) is 9.61. The van der Waals surface area contributed by atoms with Crippen molar-refractivity contribution in [2.75, 3.05) is 5.32 Å². The van der Waals surface area contributed by atoms with Crippen LogP contribution in [0.1, 0.15) is 73.6 Å². The average Bonchev–Trinajstić information content (AvgIpc) is 3.29. The van der Waals surface area contributed by atoms with E-state index in [0.29, 0.717) is 18.1 Å². The van der Waals surface area contributed by atoms with E-state index < -0.39 is 17.8 Å². The molecule has 7 nitrogen and oxygen atoms in total. The van der Waals surface area contributed by atoms with Crippen LogP contribution < -0.4 is 10.6 Å². The molecular weight excluding hydrogens is 363 g/mol. The number of hydrogen-bond donors (Lipinski definition) is 2. The van der Waals surface area contributed by atoms with E-state index in [1.54, 1.807) is 13.8 Å². The molecule has 1 atom stereocenters. The summed E-state index contributed by atoms with van der Waals surface area (Å²) in [6.45, 7) is 3.38. The third-order valence-electron chi connectivity index (χ3n) is 4.99. The van der Waals surface area contributed by atoms with Crippen molar-refractivity contribution in [3.8, 4) is 0 Å². The Morgan fingerprint density at radius 1 is 1.32 bits per heavy atom. The van der Waals surface area contributed by atoms with E-state index in [2.05, 4.69) is 20.6 Å². The number of nitrogens with one attached hydrogen (secondary N) is 2. The highest BCUT2D eigenvalue weighted by Crippen LogP contribution is 2.28. The molecule has 1 aliphatic carbocycles. The van der Waals surface area contributed by atoms with Gasteiger partial charge in [-0.2, -0.15) is 0 Å². The number of nitrogens with zero attached hydrogens (tertiary/aromatic N) is 2.